The summed E-state index contributed by atoms with van der Waals surface area (Å²) in [7, 11) is 3.15. The van der Waals surface area contributed by atoms with E-state index in [0.29, 0.717) is 38.2 Å². The van der Waals surface area contributed by atoms with Crippen LogP contribution >= 0.6 is 0 Å². The molecule has 0 radical (unpaired) electrons. The zero-order valence-electron chi connectivity index (χ0n) is 23.0. The highest BCUT2D eigenvalue weighted by atomic mass is 16.5. The first-order valence-corrected chi connectivity index (χ1v) is 12.9. The highest BCUT2D eigenvalue weighted by Gasteiger charge is 2.37. The van der Waals surface area contributed by atoms with E-state index in [4.69, 9.17) is 4.74 Å². The summed E-state index contributed by atoms with van der Waals surface area (Å²) in [5, 5.41) is 5.67. The largest absolute Gasteiger partial charge is 0.489 e. The Morgan fingerprint density at radius 2 is 1.84 bits per heavy atom. The molecule has 2 N–H and O–H groups in total. The van der Waals surface area contributed by atoms with E-state index >= 15 is 0 Å². The molecule has 1 aromatic rings. The maximum absolute atomic E-state index is 13.5. The summed E-state index contributed by atoms with van der Waals surface area (Å²) in [5.41, 5.74) is 3.44. The van der Waals surface area contributed by atoms with Gasteiger partial charge in [0.2, 0.25) is 23.6 Å². The van der Waals surface area contributed by atoms with Crippen molar-refractivity contribution in [2.45, 2.75) is 58.2 Å². The Labute approximate surface area is 225 Å². The number of likely N-dealkylation sites (N-methyl/N-ethyl adjacent to an activating group) is 2. The van der Waals surface area contributed by atoms with E-state index in [1.165, 1.54) is 15.9 Å². The molecule has 1 heterocycles. The minimum absolute atomic E-state index is 0.199. The van der Waals surface area contributed by atoms with Crippen LogP contribution in [0.2, 0.25) is 0 Å². The Morgan fingerprint density at radius 3 is 2.47 bits per heavy atom. The van der Waals surface area contributed by atoms with Crippen molar-refractivity contribution in [3.8, 4) is 5.75 Å². The van der Waals surface area contributed by atoms with E-state index in [9.17, 15) is 19.2 Å². The molecule has 1 saturated heterocycles. The van der Waals surface area contributed by atoms with Crippen LogP contribution in [0.1, 0.15) is 45.6 Å². The molecule has 1 fully saturated rings. The van der Waals surface area contributed by atoms with Gasteiger partial charge in [-0.2, -0.15) is 0 Å². The molecular weight excluding hydrogens is 484 g/mol. The fourth-order valence-corrected chi connectivity index (χ4v) is 4.21. The predicted molar refractivity (Wildman–Crippen MR) is 147 cm³/mol. The van der Waals surface area contributed by atoms with Crippen LogP contribution in [0.4, 0.5) is 0 Å². The Balaban J connectivity index is 2.17. The van der Waals surface area contributed by atoms with Gasteiger partial charge in [0, 0.05) is 26.7 Å². The number of carbonyl (C=O) groups is 4. The van der Waals surface area contributed by atoms with Crippen molar-refractivity contribution in [2.24, 2.45) is 5.92 Å². The van der Waals surface area contributed by atoms with Gasteiger partial charge in [-0.15, -0.1) is 5.73 Å². The number of nitrogens with zero attached hydrogens (tertiary/aromatic N) is 2. The maximum atomic E-state index is 13.5. The molecule has 0 saturated carbocycles. The van der Waals surface area contributed by atoms with E-state index in [1.54, 1.807) is 45.3 Å². The SMILES string of the molecule is C=C=CCOc1ccc(/C=C/C(=O)NC2CCCCNC(=O)[C@@H](C)N(C)C(=O)C(C(C)C)N(C)C2=O)cc1. The van der Waals surface area contributed by atoms with Crippen molar-refractivity contribution in [1.82, 2.24) is 20.4 Å². The normalized spacial score (nSPS) is 21.7. The van der Waals surface area contributed by atoms with Gasteiger partial charge in [0.25, 0.3) is 0 Å². The van der Waals surface area contributed by atoms with Crippen molar-refractivity contribution in [2.75, 3.05) is 27.2 Å². The molecule has 0 aliphatic carbocycles. The van der Waals surface area contributed by atoms with Crippen LogP contribution < -0.4 is 15.4 Å². The Hall–Kier alpha value is -3.84. The molecule has 0 bridgehead atoms. The lowest BCUT2D eigenvalue weighted by molar-refractivity contribution is -0.149. The van der Waals surface area contributed by atoms with Crippen LogP contribution in [0.15, 0.2) is 48.7 Å². The van der Waals surface area contributed by atoms with Gasteiger partial charge in [0.1, 0.15) is 30.5 Å². The van der Waals surface area contributed by atoms with Gasteiger partial charge in [-0.1, -0.05) is 32.6 Å². The number of ether oxygens (including phenoxy) is 1. The summed E-state index contributed by atoms with van der Waals surface area (Å²) in [4.78, 5) is 54.9. The van der Waals surface area contributed by atoms with E-state index in [2.05, 4.69) is 22.9 Å². The molecular formula is C29H40N4O5. The smallest absolute Gasteiger partial charge is 0.246 e. The first-order valence-electron chi connectivity index (χ1n) is 12.9. The molecule has 38 heavy (non-hydrogen) atoms. The van der Waals surface area contributed by atoms with Gasteiger partial charge in [-0.25, -0.2) is 0 Å². The van der Waals surface area contributed by atoms with Gasteiger partial charge in [-0.05, 0) is 62.0 Å². The predicted octanol–water partition coefficient (Wildman–Crippen LogP) is 2.53. The number of nitrogens with one attached hydrogen (secondary N) is 2. The average molecular weight is 525 g/mol. The second kappa shape index (κ2) is 14.8. The van der Waals surface area contributed by atoms with Crippen LogP contribution in [0.25, 0.3) is 6.08 Å². The molecule has 2 unspecified atom stereocenters. The van der Waals surface area contributed by atoms with Gasteiger partial charge >= 0.3 is 0 Å². The minimum Gasteiger partial charge on any atom is -0.489 e. The van der Waals surface area contributed by atoms with E-state index in [-0.39, 0.29) is 23.6 Å². The quantitative estimate of drug-likeness (QED) is 0.421. The third kappa shape index (κ3) is 8.63. The third-order valence-electron chi connectivity index (χ3n) is 6.58. The van der Waals surface area contributed by atoms with E-state index in [0.717, 1.165) is 5.56 Å². The van der Waals surface area contributed by atoms with Crippen LogP contribution in [-0.4, -0.2) is 78.8 Å². The molecule has 206 valence electrons. The standard InChI is InChI=1S/C29H40N4O5/c1-7-8-19-38-23-15-12-22(13-16-23)14-17-25(34)31-24-11-9-10-18-30-27(35)21(4)32(5)29(37)26(20(2)3)33(6)28(24)36/h8,12-17,20-21,24,26H,1,9-11,18-19H2,2-6H3,(H,30,35)(H,31,34)/b17-14+/t21-,24?,26?/m1/s1. The topological polar surface area (TPSA) is 108 Å². The molecule has 1 aliphatic rings. The second-order valence-electron chi connectivity index (χ2n) is 9.73. The summed E-state index contributed by atoms with van der Waals surface area (Å²) in [6.45, 7) is 9.66. The second-order valence-corrected chi connectivity index (χ2v) is 9.73. The number of rotatable bonds is 7. The number of carbonyl (C=O) groups excluding carboxylic acids is 4. The van der Waals surface area contributed by atoms with Crippen molar-refractivity contribution >= 4 is 29.7 Å². The number of hydrogen-bond acceptors (Lipinski definition) is 5. The first-order chi connectivity index (χ1) is 18.1. The summed E-state index contributed by atoms with van der Waals surface area (Å²) < 4.78 is 5.51. The number of hydrogen-bond donors (Lipinski definition) is 2. The molecule has 3 atom stereocenters. The summed E-state index contributed by atoms with van der Waals surface area (Å²) in [5.74, 6) is -0.829. The van der Waals surface area contributed by atoms with Gasteiger partial charge in [-0.3, -0.25) is 19.2 Å². The molecule has 9 heteroatoms. The fourth-order valence-electron chi connectivity index (χ4n) is 4.21. The van der Waals surface area contributed by atoms with Crippen molar-refractivity contribution in [3.05, 3.63) is 54.3 Å². The monoisotopic (exact) mass is 524 g/mol. The summed E-state index contributed by atoms with van der Waals surface area (Å²) >= 11 is 0. The molecule has 2 rings (SSSR count). The van der Waals surface area contributed by atoms with Gasteiger partial charge < -0.3 is 25.2 Å². The Bertz CT molecular complexity index is 1060. The maximum Gasteiger partial charge on any atom is 0.246 e. The van der Waals surface area contributed by atoms with Crippen molar-refractivity contribution < 1.29 is 23.9 Å². The lowest BCUT2D eigenvalue weighted by atomic mass is 9.99. The van der Waals surface area contributed by atoms with Crippen molar-refractivity contribution in [1.29, 1.82) is 0 Å². The lowest BCUT2D eigenvalue weighted by Crippen LogP contribution is -2.58. The molecule has 4 amide bonds. The van der Waals surface area contributed by atoms with Crippen LogP contribution in [0.3, 0.4) is 0 Å². The Kier molecular flexibility index (Phi) is 11.8. The van der Waals surface area contributed by atoms with E-state index in [1.807, 2.05) is 26.0 Å². The third-order valence-corrected chi connectivity index (χ3v) is 6.58. The summed E-state index contributed by atoms with van der Waals surface area (Å²) in [6, 6.07) is 4.97. The average Bonchev–Trinajstić information content (AvgIpc) is 2.90. The molecule has 1 aromatic carbocycles. The molecule has 9 nitrogen and oxygen atoms in total. The number of benzene rings is 1. The zero-order valence-corrected chi connectivity index (χ0v) is 23.0. The number of amides is 4. The van der Waals surface area contributed by atoms with E-state index < -0.39 is 24.0 Å². The molecule has 0 spiro atoms. The van der Waals surface area contributed by atoms with Crippen LogP contribution in [0, 0.1) is 5.92 Å². The summed E-state index contributed by atoms with van der Waals surface area (Å²) in [6.07, 6.45) is 6.35. The molecule has 1 aliphatic heterocycles. The first kappa shape index (κ1) is 30.4. The minimum atomic E-state index is -0.806. The van der Waals surface area contributed by atoms with Crippen molar-refractivity contribution in [3.63, 3.8) is 0 Å². The lowest BCUT2D eigenvalue weighted by Gasteiger charge is -2.36. The Morgan fingerprint density at radius 1 is 1.16 bits per heavy atom. The highest BCUT2D eigenvalue weighted by Crippen LogP contribution is 2.18. The van der Waals surface area contributed by atoms with Gasteiger partial charge in [0.05, 0.1) is 0 Å². The fraction of sp³-hybridized carbons (Fsp3) is 0.483. The van der Waals surface area contributed by atoms with Crippen LogP contribution in [-0.2, 0) is 19.2 Å². The van der Waals surface area contributed by atoms with Gasteiger partial charge in [0.15, 0.2) is 0 Å². The highest BCUT2D eigenvalue weighted by molar-refractivity contribution is 5.97. The molecule has 0 aromatic heterocycles. The van der Waals surface area contributed by atoms with Crippen LogP contribution in [0.5, 0.6) is 5.75 Å². The zero-order chi connectivity index (χ0) is 28.2.